The lowest BCUT2D eigenvalue weighted by Gasteiger charge is -2.08. The highest BCUT2D eigenvalue weighted by molar-refractivity contribution is 6.31. The van der Waals surface area contributed by atoms with Crippen molar-refractivity contribution in [2.45, 2.75) is 27.1 Å². The summed E-state index contributed by atoms with van der Waals surface area (Å²) in [6, 6.07) is 1.58. The van der Waals surface area contributed by atoms with E-state index in [-0.39, 0.29) is 23.0 Å². The zero-order valence-electron chi connectivity index (χ0n) is 18.6. The molecule has 0 saturated heterocycles. The van der Waals surface area contributed by atoms with Gasteiger partial charge in [-0.25, -0.2) is 4.68 Å². The lowest BCUT2D eigenvalue weighted by atomic mass is 10.3. The van der Waals surface area contributed by atoms with Crippen molar-refractivity contribution in [1.82, 2.24) is 44.4 Å². The van der Waals surface area contributed by atoms with Crippen molar-refractivity contribution >= 4 is 29.1 Å². The van der Waals surface area contributed by atoms with E-state index in [0.717, 1.165) is 17.0 Å². The normalized spacial score (nSPS) is 11.1. The van der Waals surface area contributed by atoms with E-state index in [1.54, 1.807) is 46.6 Å². The first kappa shape index (κ1) is 22.3. The first-order valence-corrected chi connectivity index (χ1v) is 10.4. The molecule has 0 bridgehead atoms. The summed E-state index contributed by atoms with van der Waals surface area (Å²) in [5.74, 6) is -0.837. The molecule has 2 amide bonds. The summed E-state index contributed by atoms with van der Waals surface area (Å²) in [4.78, 5) is 25.5. The average molecular weight is 471 g/mol. The standard InChI is InChI=1S/C20H23ClN10O2/c1-12-17(21)13(2)31(26-12)11-30-6-5-15(27-30)19(32)25-16-9-24-29(4)18(16)20(33)22-7-14-8-23-28(3)10-14/h5-6,8-10H,7,11H2,1-4H3,(H,22,33)(H,25,32). The number of carbonyl (C=O) groups excluding carboxylic acids is 2. The lowest BCUT2D eigenvalue weighted by Crippen LogP contribution is -2.26. The first-order chi connectivity index (χ1) is 15.7. The molecule has 0 aromatic carbocycles. The first-order valence-electron chi connectivity index (χ1n) is 10.0. The van der Waals surface area contributed by atoms with Gasteiger partial charge in [0.05, 0.1) is 34.5 Å². The molecule has 33 heavy (non-hydrogen) atoms. The number of amides is 2. The number of carbonyl (C=O) groups is 2. The topological polar surface area (TPSA) is 129 Å². The van der Waals surface area contributed by atoms with Crippen LogP contribution in [0.25, 0.3) is 0 Å². The molecule has 172 valence electrons. The fourth-order valence-corrected chi connectivity index (χ4v) is 3.46. The average Bonchev–Trinajstić information content (AvgIpc) is 3.54. The van der Waals surface area contributed by atoms with Crippen LogP contribution in [0.1, 0.15) is 37.9 Å². The van der Waals surface area contributed by atoms with Gasteiger partial charge in [-0.3, -0.25) is 23.6 Å². The van der Waals surface area contributed by atoms with Gasteiger partial charge in [-0.15, -0.1) is 0 Å². The smallest absolute Gasteiger partial charge is 0.276 e. The van der Waals surface area contributed by atoms with Crippen LogP contribution in [0, 0.1) is 13.8 Å². The number of hydrogen-bond donors (Lipinski definition) is 2. The van der Waals surface area contributed by atoms with Crippen LogP contribution in [-0.4, -0.2) is 50.9 Å². The largest absolute Gasteiger partial charge is 0.346 e. The van der Waals surface area contributed by atoms with E-state index in [4.69, 9.17) is 11.6 Å². The predicted molar refractivity (Wildman–Crippen MR) is 120 cm³/mol. The zero-order chi connectivity index (χ0) is 23.7. The molecule has 4 aromatic rings. The second-order valence-electron chi connectivity index (χ2n) is 7.56. The summed E-state index contributed by atoms with van der Waals surface area (Å²) in [7, 11) is 3.43. The molecule has 0 aliphatic rings. The van der Waals surface area contributed by atoms with E-state index in [9.17, 15) is 9.59 Å². The molecule has 2 N–H and O–H groups in total. The molecule has 0 atom stereocenters. The number of nitrogens with zero attached hydrogens (tertiary/aromatic N) is 8. The van der Waals surface area contributed by atoms with Gasteiger partial charge in [-0.2, -0.15) is 20.4 Å². The van der Waals surface area contributed by atoms with Gasteiger partial charge in [0.1, 0.15) is 12.4 Å². The van der Waals surface area contributed by atoms with E-state index in [0.29, 0.717) is 18.2 Å². The summed E-state index contributed by atoms with van der Waals surface area (Å²) in [5, 5.41) is 23.0. The minimum atomic E-state index is -0.463. The second-order valence-corrected chi connectivity index (χ2v) is 7.93. The van der Waals surface area contributed by atoms with E-state index in [2.05, 4.69) is 31.0 Å². The van der Waals surface area contributed by atoms with Crippen LogP contribution in [0.4, 0.5) is 5.69 Å². The zero-order valence-corrected chi connectivity index (χ0v) is 19.3. The SMILES string of the molecule is Cc1nn(Cn2ccc(C(=O)Nc3cnn(C)c3C(=O)NCc3cnn(C)c3)n2)c(C)c1Cl. The maximum Gasteiger partial charge on any atom is 0.276 e. The van der Waals surface area contributed by atoms with Crippen LogP contribution in [0.2, 0.25) is 5.02 Å². The Balaban J connectivity index is 1.44. The minimum absolute atomic E-state index is 0.188. The van der Waals surface area contributed by atoms with Crippen LogP contribution >= 0.6 is 11.6 Å². The summed E-state index contributed by atoms with van der Waals surface area (Å²) >= 11 is 6.19. The van der Waals surface area contributed by atoms with Gasteiger partial charge >= 0.3 is 0 Å². The summed E-state index contributed by atoms with van der Waals surface area (Å²) in [6.07, 6.45) is 6.57. The van der Waals surface area contributed by atoms with Crippen LogP contribution in [-0.2, 0) is 27.3 Å². The highest BCUT2D eigenvalue weighted by atomic mass is 35.5. The number of aromatic nitrogens is 8. The van der Waals surface area contributed by atoms with Gasteiger partial charge in [0.15, 0.2) is 5.69 Å². The summed E-state index contributed by atoms with van der Waals surface area (Å²) < 4.78 is 6.34. The molecular weight excluding hydrogens is 448 g/mol. The van der Waals surface area contributed by atoms with Crippen molar-refractivity contribution in [3.05, 3.63) is 64.2 Å². The molecule has 0 unspecified atom stereocenters. The van der Waals surface area contributed by atoms with Gasteiger partial charge in [0.25, 0.3) is 11.8 Å². The fraction of sp³-hybridized carbons (Fsp3) is 0.300. The molecule has 4 heterocycles. The number of hydrogen-bond acceptors (Lipinski definition) is 6. The Morgan fingerprint density at radius 3 is 2.55 bits per heavy atom. The fourth-order valence-electron chi connectivity index (χ4n) is 3.33. The quantitative estimate of drug-likeness (QED) is 0.421. The van der Waals surface area contributed by atoms with E-state index in [1.165, 1.54) is 10.9 Å². The maximum absolute atomic E-state index is 12.8. The number of rotatable bonds is 7. The molecule has 4 aromatic heterocycles. The lowest BCUT2D eigenvalue weighted by molar-refractivity contribution is 0.0942. The third kappa shape index (κ3) is 4.65. The van der Waals surface area contributed by atoms with Crippen molar-refractivity contribution in [2.75, 3.05) is 5.32 Å². The maximum atomic E-state index is 12.8. The van der Waals surface area contributed by atoms with Crippen molar-refractivity contribution in [3.63, 3.8) is 0 Å². The van der Waals surface area contributed by atoms with Crippen LogP contribution in [0.5, 0.6) is 0 Å². The molecule has 4 rings (SSSR count). The molecule has 0 radical (unpaired) electrons. The summed E-state index contributed by atoms with van der Waals surface area (Å²) in [5.41, 5.74) is 3.09. The highest BCUT2D eigenvalue weighted by Gasteiger charge is 2.20. The van der Waals surface area contributed by atoms with Gasteiger partial charge < -0.3 is 10.6 Å². The van der Waals surface area contributed by atoms with Gasteiger partial charge in [0.2, 0.25) is 0 Å². The van der Waals surface area contributed by atoms with E-state index in [1.807, 2.05) is 20.0 Å². The number of nitrogens with one attached hydrogen (secondary N) is 2. The number of aryl methyl sites for hydroxylation is 3. The van der Waals surface area contributed by atoms with Gasteiger partial charge in [-0.1, -0.05) is 11.6 Å². The Morgan fingerprint density at radius 1 is 1.09 bits per heavy atom. The Bertz CT molecular complexity index is 1330. The Hall–Kier alpha value is -3.93. The molecule has 0 aliphatic carbocycles. The molecule has 12 nitrogen and oxygen atoms in total. The van der Waals surface area contributed by atoms with Crippen molar-refractivity contribution in [2.24, 2.45) is 14.1 Å². The van der Waals surface area contributed by atoms with Gasteiger partial charge in [-0.05, 0) is 19.9 Å². The number of anilines is 1. The molecule has 13 heteroatoms. The van der Waals surface area contributed by atoms with E-state index < -0.39 is 5.91 Å². The van der Waals surface area contributed by atoms with Crippen LogP contribution < -0.4 is 10.6 Å². The molecular formula is C20H23ClN10O2. The van der Waals surface area contributed by atoms with Crippen molar-refractivity contribution in [1.29, 1.82) is 0 Å². The minimum Gasteiger partial charge on any atom is -0.346 e. The Kier molecular flexibility index (Phi) is 6.01. The molecule has 0 fully saturated rings. The Labute approximate surface area is 194 Å². The number of halogens is 1. The van der Waals surface area contributed by atoms with Crippen molar-refractivity contribution in [3.8, 4) is 0 Å². The molecule has 0 saturated carbocycles. The molecule has 0 spiro atoms. The highest BCUT2D eigenvalue weighted by Crippen LogP contribution is 2.19. The van der Waals surface area contributed by atoms with Crippen LogP contribution in [0.15, 0.2) is 30.9 Å². The van der Waals surface area contributed by atoms with Crippen molar-refractivity contribution < 1.29 is 9.59 Å². The van der Waals surface area contributed by atoms with Crippen LogP contribution in [0.3, 0.4) is 0 Å². The Morgan fingerprint density at radius 2 is 1.88 bits per heavy atom. The summed E-state index contributed by atoms with van der Waals surface area (Å²) in [6.45, 7) is 4.29. The predicted octanol–water partition coefficient (Wildman–Crippen LogP) is 1.50. The molecule has 0 aliphatic heterocycles. The third-order valence-electron chi connectivity index (χ3n) is 5.06. The third-order valence-corrected chi connectivity index (χ3v) is 5.61. The monoisotopic (exact) mass is 470 g/mol. The van der Waals surface area contributed by atoms with Gasteiger partial charge in [0, 0.05) is 38.6 Å². The van der Waals surface area contributed by atoms with E-state index >= 15 is 0 Å². The second kappa shape index (κ2) is 8.90.